The first kappa shape index (κ1) is 20.0. The van der Waals surface area contributed by atoms with Gasteiger partial charge in [0.05, 0.1) is 4.90 Å². The summed E-state index contributed by atoms with van der Waals surface area (Å²) in [7, 11) is -3.68. The van der Waals surface area contributed by atoms with E-state index in [4.69, 9.17) is 0 Å². The summed E-state index contributed by atoms with van der Waals surface area (Å²) in [6.07, 6.45) is 4.37. The summed E-state index contributed by atoms with van der Waals surface area (Å²) in [4.78, 5) is 0.304. The maximum Gasteiger partial charge on any atom is 0.263 e. The van der Waals surface area contributed by atoms with Crippen molar-refractivity contribution in [2.45, 2.75) is 64.2 Å². The lowest BCUT2D eigenvalue weighted by Gasteiger charge is -2.12. The van der Waals surface area contributed by atoms with Gasteiger partial charge in [-0.1, -0.05) is 42.6 Å². The van der Waals surface area contributed by atoms with E-state index in [-0.39, 0.29) is 0 Å². The highest BCUT2D eigenvalue weighted by Gasteiger charge is 2.22. The van der Waals surface area contributed by atoms with Crippen molar-refractivity contribution in [3.8, 4) is 0 Å². The Morgan fingerprint density at radius 3 is 2.40 bits per heavy atom. The number of halogens is 1. The van der Waals surface area contributed by atoms with Crippen molar-refractivity contribution in [1.29, 1.82) is 0 Å². The second-order valence-corrected chi connectivity index (χ2v) is 8.97. The van der Waals surface area contributed by atoms with E-state index in [0.29, 0.717) is 27.8 Å². The van der Waals surface area contributed by atoms with Crippen LogP contribution in [0.1, 0.15) is 62.3 Å². The van der Waals surface area contributed by atoms with Crippen LogP contribution >= 0.6 is 15.9 Å². The molecule has 1 aromatic carbocycles. The molecule has 138 valence electrons. The third kappa shape index (κ3) is 4.85. The van der Waals surface area contributed by atoms with Crippen LogP contribution in [-0.2, 0) is 10.0 Å². The number of anilines is 1. The maximum absolute atomic E-state index is 12.8. The molecule has 0 radical (unpaired) electrons. The zero-order valence-corrected chi connectivity index (χ0v) is 17.6. The van der Waals surface area contributed by atoms with Crippen molar-refractivity contribution in [3.05, 3.63) is 39.5 Å². The summed E-state index contributed by atoms with van der Waals surface area (Å²) >= 11 is 3.40. The lowest BCUT2D eigenvalue weighted by Crippen LogP contribution is -2.16. The number of benzene rings is 1. The number of aromatic nitrogens is 2. The molecule has 0 aliphatic carbocycles. The molecular formula is C18H26BrN3O2S. The first-order valence-electron chi connectivity index (χ1n) is 8.63. The van der Waals surface area contributed by atoms with Gasteiger partial charge >= 0.3 is 0 Å². The smallest absolute Gasteiger partial charge is 0.263 e. The fourth-order valence-electron chi connectivity index (χ4n) is 3.14. The fourth-order valence-corrected chi connectivity index (χ4v) is 5.27. The molecule has 7 heteroatoms. The standard InChI is InChI=1S/C18H26BrN3O2S/c1-5-7-8-14(6-2)16-11-17(21-20-16)22-25(23,24)18-12(3)9-15(19)10-13(18)4/h9-11,14H,5-8H2,1-4H3,(H2,20,21,22). The second-order valence-electron chi connectivity index (χ2n) is 6.43. The van der Waals surface area contributed by atoms with Crippen LogP contribution in [0.2, 0.25) is 0 Å². The topological polar surface area (TPSA) is 74.8 Å². The molecule has 2 aromatic rings. The van der Waals surface area contributed by atoms with Crippen molar-refractivity contribution < 1.29 is 8.42 Å². The maximum atomic E-state index is 12.8. The molecule has 0 fully saturated rings. The Labute approximate surface area is 158 Å². The van der Waals surface area contributed by atoms with Crippen LogP contribution in [0.3, 0.4) is 0 Å². The average molecular weight is 428 g/mol. The molecule has 2 N–H and O–H groups in total. The minimum absolute atomic E-state index is 0.304. The number of H-pyrrole nitrogens is 1. The lowest BCUT2D eigenvalue weighted by atomic mass is 9.96. The molecular weight excluding hydrogens is 402 g/mol. The van der Waals surface area contributed by atoms with Gasteiger partial charge in [-0.05, 0) is 49.9 Å². The van der Waals surface area contributed by atoms with Crippen LogP contribution < -0.4 is 4.72 Å². The van der Waals surface area contributed by atoms with E-state index in [9.17, 15) is 8.42 Å². The Bertz CT molecular complexity index is 808. The van der Waals surface area contributed by atoms with Crippen molar-refractivity contribution in [3.63, 3.8) is 0 Å². The van der Waals surface area contributed by atoms with E-state index < -0.39 is 10.0 Å². The molecule has 0 amide bonds. The summed E-state index contributed by atoms with van der Waals surface area (Å²) < 4.78 is 29.1. The van der Waals surface area contributed by atoms with Crippen molar-refractivity contribution >= 4 is 31.8 Å². The van der Waals surface area contributed by atoms with Gasteiger partial charge in [0.25, 0.3) is 10.0 Å². The summed E-state index contributed by atoms with van der Waals surface area (Å²) in [6.45, 7) is 7.89. The molecule has 1 heterocycles. The minimum atomic E-state index is -3.68. The van der Waals surface area contributed by atoms with E-state index in [0.717, 1.165) is 35.8 Å². The third-order valence-electron chi connectivity index (χ3n) is 4.37. The number of aryl methyl sites for hydroxylation is 2. The van der Waals surface area contributed by atoms with E-state index >= 15 is 0 Å². The molecule has 1 atom stereocenters. The highest BCUT2D eigenvalue weighted by atomic mass is 79.9. The molecule has 1 unspecified atom stereocenters. The molecule has 0 bridgehead atoms. The Balaban J connectivity index is 2.25. The van der Waals surface area contributed by atoms with Gasteiger partial charge in [-0.25, -0.2) is 8.42 Å². The Hall–Kier alpha value is -1.34. The first-order valence-corrected chi connectivity index (χ1v) is 10.9. The van der Waals surface area contributed by atoms with Crippen LogP contribution in [0, 0.1) is 13.8 Å². The quantitative estimate of drug-likeness (QED) is 0.601. The number of nitrogens with one attached hydrogen (secondary N) is 2. The Morgan fingerprint density at radius 1 is 1.20 bits per heavy atom. The SMILES string of the molecule is CCCCC(CC)c1cc(NS(=O)(=O)c2c(C)cc(Br)cc2C)n[nH]1. The third-order valence-corrected chi connectivity index (χ3v) is 6.49. The van der Waals surface area contributed by atoms with Crippen LogP contribution in [0.4, 0.5) is 5.82 Å². The molecule has 25 heavy (non-hydrogen) atoms. The van der Waals surface area contributed by atoms with Crippen LogP contribution in [0.5, 0.6) is 0 Å². The van der Waals surface area contributed by atoms with E-state index in [1.54, 1.807) is 26.0 Å². The van der Waals surface area contributed by atoms with Crippen molar-refractivity contribution in [1.82, 2.24) is 10.2 Å². The highest BCUT2D eigenvalue weighted by Crippen LogP contribution is 2.28. The monoisotopic (exact) mass is 427 g/mol. The van der Waals surface area contributed by atoms with Crippen LogP contribution in [-0.4, -0.2) is 18.6 Å². The lowest BCUT2D eigenvalue weighted by molar-refractivity contribution is 0.556. The zero-order valence-electron chi connectivity index (χ0n) is 15.2. The number of sulfonamides is 1. The van der Waals surface area contributed by atoms with E-state index in [1.165, 1.54) is 0 Å². The molecule has 5 nitrogen and oxygen atoms in total. The van der Waals surface area contributed by atoms with Gasteiger partial charge in [0, 0.05) is 22.2 Å². The van der Waals surface area contributed by atoms with Crippen molar-refractivity contribution in [2.24, 2.45) is 0 Å². The number of hydrogen-bond donors (Lipinski definition) is 2. The summed E-state index contributed by atoms with van der Waals surface area (Å²) in [5.74, 6) is 0.716. The molecule has 0 aliphatic heterocycles. The van der Waals surface area contributed by atoms with Crippen LogP contribution in [0.25, 0.3) is 0 Å². The van der Waals surface area contributed by atoms with Crippen LogP contribution in [0.15, 0.2) is 27.6 Å². The highest BCUT2D eigenvalue weighted by molar-refractivity contribution is 9.10. The predicted octanol–water partition coefficient (Wildman–Crippen LogP) is 5.27. The Kier molecular flexibility index (Phi) is 6.68. The predicted molar refractivity (Wildman–Crippen MR) is 106 cm³/mol. The normalized spacial score (nSPS) is 13.0. The largest absolute Gasteiger partial charge is 0.280 e. The molecule has 0 saturated heterocycles. The van der Waals surface area contributed by atoms with Gasteiger partial charge in [0.2, 0.25) is 0 Å². The molecule has 0 spiro atoms. The number of rotatable bonds is 8. The van der Waals surface area contributed by atoms with Gasteiger partial charge in [-0.15, -0.1) is 0 Å². The summed E-state index contributed by atoms with van der Waals surface area (Å²) in [6, 6.07) is 5.41. The number of unbranched alkanes of at least 4 members (excludes halogenated alkanes) is 1. The fraction of sp³-hybridized carbons (Fsp3) is 0.500. The number of nitrogens with zero attached hydrogens (tertiary/aromatic N) is 1. The molecule has 0 aliphatic rings. The number of aromatic amines is 1. The average Bonchev–Trinajstić information content (AvgIpc) is 2.94. The summed E-state index contributed by atoms with van der Waals surface area (Å²) in [5, 5.41) is 7.15. The first-order chi connectivity index (χ1) is 11.8. The minimum Gasteiger partial charge on any atom is -0.280 e. The van der Waals surface area contributed by atoms with Crippen molar-refractivity contribution in [2.75, 3.05) is 4.72 Å². The van der Waals surface area contributed by atoms with Gasteiger partial charge in [0.1, 0.15) is 0 Å². The molecule has 0 saturated carbocycles. The molecule has 1 aromatic heterocycles. The number of hydrogen-bond acceptors (Lipinski definition) is 3. The zero-order chi connectivity index (χ0) is 18.6. The van der Waals surface area contributed by atoms with Gasteiger partial charge in [-0.3, -0.25) is 9.82 Å². The van der Waals surface area contributed by atoms with Gasteiger partial charge in [-0.2, -0.15) is 5.10 Å². The summed E-state index contributed by atoms with van der Waals surface area (Å²) in [5.41, 5.74) is 2.38. The second kappa shape index (κ2) is 8.36. The van der Waals surface area contributed by atoms with E-state index in [1.807, 2.05) is 6.07 Å². The van der Waals surface area contributed by atoms with Gasteiger partial charge in [0.15, 0.2) is 5.82 Å². The van der Waals surface area contributed by atoms with E-state index in [2.05, 4.69) is 44.7 Å². The Morgan fingerprint density at radius 2 is 1.84 bits per heavy atom. The molecule has 2 rings (SSSR count). The van der Waals surface area contributed by atoms with Gasteiger partial charge < -0.3 is 0 Å².